The van der Waals surface area contributed by atoms with Gasteiger partial charge in [0.25, 0.3) is 5.91 Å². The van der Waals surface area contributed by atoms with Crippen LogP contribution in [0.4, 0.5) is 8.78 Å². The van der Waals surface area contributed by atoms with E-state index in [0.29, 0.717) is 33.5 Å². The molecular weight excluding hydrogens is 444 g/mol. The van der Waals surface area contributed by atoms with Crippen LogP contribution < -0.4 is 10.1 Å². The summed E-state index contributed by atoms with van der Waals surface area (Å²) in [5.74, 6) is -3.46. The van der Waals surface area contributed by atoms with Gasteiger partial charge in [0.1, 0.15) is 11.4 Å². The van der Waals surface area contributed by atoms with Gasteiger partial charge in [0.15, 0.2) is 11.6 Å². The fourth-order valence-corrected chi connectivity index (χ4v) is 3.95. The highest BCUT2D eigenvalue weighted by Gasteiger charge is 2.29. The number of aromatic carboxylic acids is 1. The molecule has 2 heterocycles. The molecule has 0 atom stereocenters. The third kappa shape index (κ3) is 4.32. The van der Waals surface area contributed by atoms with Crippen LogP contribution in [0.5, 0.6) is 5.75 Å². The maximum absolute atomic E-state index is 13.6. The van der Waals surface area contributed by atoms with Gasteiger partial charge in [-0.05, 0) is 48.4 Å². The number of nitrogens with zero attached hydrogens (tertiary/aromatic N) is 2. The SMILES string of the molecule is COc1cc(C)c2c(C(=O)NCc3ccc(F)c(F)c3)c(C(=O)O)n(Cc3ccccn3)c2c1. The molecule has 0 unspecified atom stereocenters. The summed E-state index contributed by atoms with van der Waals surface area (Å²) in [6, 6.07) is 12.0. The van der Waals surface area contributed by atoms with E-state index in [9.17, 15) is 23.5 Å². The van der Waals surface area contributed by atoms with E-state index in [4.69, 9.17) is 4.74 Å². The molecule has 9 heteroatoms. The number of rotatable bonds is 7. The minimum atomic E-state index is -1.29. The first kappa shape index (κ1) is 22.9. The molecular formula is C25H21F2N3O4. The number of ether oxygens (including phenoxy) is 1. The lowest BCUT2D eigenvalue weighted by Gasteiger charge is -2.10. The van der Waals surface area contributed by atoms with Crippen molar-refractivity contribution in [3.8, 4) is 5.75 Å². The third-order valence-corrected chi connectivity index (χ3v) is 5.48. The average molecular weight is 465 g/mol. The van der Waals surface area contributed by atoms with Gasteiger partial charge in [0, 0.05) is 24.2 Å². The van der Waals surface area contributed by atoms with Crippen LogP contribution in [0, 0.1) is 18.6 Å². The Balaban J connectivity index is 1.84. The largest absolute Gasteiger partial charge is 0.497 e. The standard InChI is InChI=1S/C25H21F2N3O4/c1-14-9-17(34-2)11-20-21(14)22(24(31)29-12-15-6-7-18(26)19(27)10-15)23(25(32)33)30(20)13-16-5-3-4-8-28-16/h3-11H,12-13H2,1-2H3,(H,29,31)(H,32,33). The molecule has 174 valence electrons. The zero-order valence-corrected chi connectivity index (χ0v) is 18.4. The highest BCUT2D eigenvalue weighted by Crippen LogP contribution is 2.33. The van der Waals surface area contributed by atoms with Gasteiger partial charge in [-0.2, -0.15) is 0 Å². The average Bonchev–Trinajstić information content (AvgIpc) is 3.15. The summed E-state index contributed by atoms with van der Waals surface area (Å²) in [6.07, 6.45) is 1.60. The third-order valence-electron chi connectivity index (χ3n) is 5.48. The Morgan fingerprint density at radius 1 is 1.12 bits per heavy atom. The number of fused-ring (bicyclic) bond motifs is 1. The number of pyridine rings is 1. The molecule has 2 N–H and O–H groups in total. The van der Waals surface area contributed by atoms with Crippen LogP contribution in [0.2, 0.25) is 0 Å². The van der Waals surface area contributed by atoms with E-state index >= 15 is 0 Å². The van der Waals surface area contributed by atoms with Crippen LogP contribution in [0.3, 0.4) is 0 Å². The van der Waals surface area contributed by atoms with Gasteiger partial charge in [0.05, 0.1) is 30.4 Å². The highest BCUT2D eigenvalue weighted by molar-refractivity contribution is 6.15. The number of aryl methyl sites for hydroxylation is 1. The molecule has 0 bridgehead atoms. The van der Waals surface area contributed by atoms with Gasteiger partial charge in [0.2, 0.25) is 0 Å². The number of halogens is 2. The van der Waals surface area contributed by atoms with Crippen LogP contribution >= 0.6 is 0 Å². The maximum atomic E-state index is 13.6. The molecule has 2 aromatic heterocycles. The number of hydrogen-bond donors (Lipinski definition) is 2. The van der Waals surface area contributed by atoms with Crippen LogP contribution in [0.1, 0.15) is 37.7 Å². The Hall–Kier alpha value is -4.27. The molecule has 0 aliphatic heterocycles. The first-order valence-corrected chi connectivity index (χ1v) is 10.4. The second kappa shape index (κ2) is 9.30. The number of nitrogens with one attached hydrogen (secondary N) is 1. The summed E-state index contributed by atoms with van der Waals surface area (Å²) in [7, 11) is 1.50. The summed E-state index contributed by atoms with van der Waals surface area (Å²) < 4.78 is 33.7. The zero-order valence-electron chi connectivity index (χ0n) is 18.4. The van der Waals surface area contributed by atoms with Crippen LogP contribution in [0.15, 0.2) is 54.7 Å². The van der Waals surface area contributed by atoms with Gasteiger partial charge in [-0.1, -0.05) is 12.1 Å². The molecule has 0 radical (unpaired) electrons. The van der Waals surface area contributed by atoms with E-state index in [1.54, 1.807) is 43.5 Å². The predicted octanol–water partition coefficient (Wildman–Crippen LogP) is 4.31. The van der Waals surface area contributed by atoms with Crippen LogP contribution in [-0.4, -0.2) is 33.6 Å². The van der Waals surface area contributed by atoms with Gasteiger partial charge < -0.3 is 19.7 Å². The van der Waals surface area contributed by atoms with E-state index < -0.39 is 23.5 Å². The van der Waals surface area contributed by atoms with Crippen molar-refractivity contribution in [3.05, 3.63) is 94.4 Å². The molecule has 0 saturated heterocycles. The number of carboxylic acid groups (broad SMARTS) is 1. The van der Waals surface area contributed by atoms with Crippen molar-refractivity contribution in [2.75, 3.05) is 7.11 Å². The molecule has 7 nitrogen and oxygen atoms in total. The highest BCUT2D eigenvalue weighted by atomic mass is 19.2. The predicted molar refractivity (Wildman–Crippen MR) is 121 cm³/mol. The van der Waals surface area contributed by atoms with E-state index in [1.807, 2.05) is 0 Å². The fraction of sp³-hybridized carbons (Fsp3) is 0.160. The van der Waals surface area contributed by atoms with Crippen molar-refractivity contribution in [1.82, 2.24) is 14.9 Å². The Morgan fingerprint density at radius 2 is 1.91 bits per heavy atom. The molecule has 0 saturated carbocycles. The molecule has 34 heavy (non-hydrogen) atoms. The first-order valence-electron chi connectivity index (χ1n) is 10.4. The molecule has 2 aromatic carbocycles. The quantitative estimate of drug-likeness (QED) is 0.424. The van der Waals surface area contributed by atoms with E-state index in [1.165, 1.54) is 17.7 Å². The molecule has 1 amide bonds. The van der Waals surface area contributed by atoms with Crippen LogP contribution in [0.25, 0.3) is 10.9 Å². The minimum Gasteiger partial charge on any atom is -0.497 e. The van der Waals surface area contributed by atoms with E-state index in [0.717, 1.165) is 12.1 Å². The normalized spacial score (nSPS) is 10.9. The summed E-state index contributed by atoms with van der Waals surface area (Å²) in [4.78, 5) is 29.9. The van der Waals surface area contributed by atoms with Crippen molar-refractivity contribution in [1.29, 1.82) is 0 Å². The number of hydrogen-bond acceptors (Lipinski definition) is 4. The molecule has 0 aliphatic rings. The topological polar surface area (TPSA) is 93.5 Å². The van der Waals surface area contributed by atoms with Gasteiger partial charge >= 0.3 is 5.97 Å². The monoisotopic (exact) mass is 465 g/mol. The van der Waals surface area contributed by atoms with Gasteiger partial charge in [-0.25, -0.2) is 13.6 Å². The smallest absolute Gasteiger partial charge is 0.353 e. The number of aromatic nitrogens is 2. The Labute approximate surface area is 193 Å². The maximum Gasteiger partial charge on any atom is 0.353 e. The Kier molecular flexibility index (Phi) is 6.27. The number of carboxylic acids is 1. The number of benzene rings is 2. The zero-order chi connectivity index (χ0) is 24.4. The van der Waals surface area contributed by atoms with Gasteiger partial charge in [-0.3, -0.25) is 9.78 Å². The second-order valence-corrected chi connectivity index (χ2v) is 7.71. The molecule has 4 aromatic rings. The van der Waals surface area contributed by atoms with Crippen LogP contribution in [-0.2, 0) is 13.1 Å². The number of carbonyl (C=O) groups excluding carboxylic acids is 1. The minimum absolute atomic E-state index is 0.0267. The lowest BCUT2D eigenvalue weighted by Crippen LogP contribution is -2.25. The Bertz CT molecular complexity index is 1400. The van der Waals surface area contributed by atoms with Crippen molar-refractivity contribution in [2.45, 2.75) is 20.0 Å². The van der Waals surface area contributed by atoms with Gasteiger partial charge in [-0.15, -0.1) is 0 Å². The van der Waals surface area contributed by atoms with Crippen molar-refractivity contribution in [2.24, 2.45) is 0 Å². The van der Waals surface area contributed by atoms with Crippen molar-refractivity contribution >= 4 is 22.8 Å². The molecule has 0 spiro atoms. The number of amides is 1. The molecule has 0 fully saturated rings. The molecule has 4 rings (SSSR count). The van der Waals surface area contributed by atoms with E-state index in [-0.39, 0.29) is 24.3 Å². The second-order valence-electron chi connectivity index (χ2n) is 7.71. The first-order chi connectivity index (χ1) is 16.3. The molecule has 0 aliphatic carbocycles. The van der Waals surface area contributed by atoms with E-state index in [2.05, 4.69) is 10.3 Å². The summed E-state index contributed by atoms with van der Waals surface area (Å²) >= 11 is 0. The fourth-order valence-electron chi connectivity index (χ4n) is 3.95. The summed E-state index contributed by atoms with van der Waals surface area (Å²) in [6.45, 7) is 1.76. The number of methoxy groups -OCH3 is 1. The number of carbonyl (C=O) groups is 2. The Morgan fingerprint density at radius 3 is 2.56 bits per heavy atom. The summed E-state index contributed by atoms with van der Waals surface area (Å²) in [5, 5.41) is 13.2. The summed E-state index contributed by atoms with van der Waals surface area (Å²) in [5.41, 5.74) is 1.85. The lowest BCUT2D eigenvalue weighted by atomic mass is 10.0. The van der Waals surface area contributed by atoms with Crippen molar-refractivity contribution < 1.29 is 28.2 Å². The lowest BCUT2D eigenvalue weighted by molar-refractivity contribution is 0.0680. The van der Waals surface area contributed by atoms with Crippen molar-refractivity contribution in [3.63, 3.8) is 0 Å².